The minimum atomic E-state index is -3.40. The van der Waals surface area contributed by atoms with Crippen LogP contribution < -0.4 is 14.4 Å². The molecular formula is C18H23O6P. The molecule has 0 saturated carbocycles. The molecule has 1 aromatic rings. The molecule has 3 rings (SSSR count). The van der Waals surface area contributed by atoms with Crippen LogP contribution in [0.1, 0.15) is 43.6 Å². The second-order valence-electron chi connectivity index (χ2n) is 7.62. The maximum atomic E-state index is 13.0. The van der Waals surface area contributed by atoms with Crippen LogP contribution in [-0.4, -0.2) is 32.2 Å². The topological polar surface area (TPSA) is 77.1 Å². The van der Waals surface area contributed by atoms with Gasteiger partial charge in [0.15, 0.2) is 11.5 Å². The number of aldehydes is 1. The van der Waals surface area contributed by atoms with E-state index in [-0.39, 0.29) is 5.41 Å². The Morgan fingerprint density at radius 3 is 2.40 bits per heavy atom. The van der Waals surface area contributed by atoms with Gasteiger partial charge in [-0.2, -0.15) is 0 Å². The normalized spacial score (nSPS) is 24.5. The third-order valence-electron chi connectivity index (χ3n) is 4.29. The van der Waals surface area contributed by atoms with Crippen LogP contribution in [0.3, 0.4) is 0 Å². The molecule has 1 fully saturated rings. The Hall–Kier alpha value is -1.46. The number of benzene rings is 1. The smallest absolute Gasteiger partial charge is 0.264 e. The van der Waals surface area contributed by atoms with E-state index in [1.807, 2.05) is 27.7 Å². The van der Waals surface area contributed by atoms with Crippen LogP contribution >= 0.6 is 7.94 Å². The van der Waals surface area contributed by atoms with Crippen molar-refractivity contribution in [3.63, 3.8) is 0 Å². The largest absolute Gasteiger partial charge is 0.628 e. The van der Waals surface area contributed by atoms with Gasteiger partial charge in [-0.25, -0.2) is 9.05 Å². The van der Waals surface area contributed by atoms with Gasteiger partial charge >= 0.3 is 0 Å². The highest BCUT2D eigenvalue weighted by atomic mass is 31.2. The van der Waals surface area contributed by atoms with Crippen LogP contribution in [0.4, 0.5) is 0 Å². The van der Waals surface area contributed by atoms with E-state index in [1.165, 1.54) is 12.9 Å². The van der Waals surface area contributed by atoms with E-state index in [0.717, 1.165) is 6.29 Å². The summed E-state index contributed by atoms with van der Waals surface area (Å²) in [6, 6.07) is 3.31. The first-order valence-electron chi connectivity index (χ1n) is 8.08. The summed E-state index contributed by atoms with van der Waals surface area (Å²) < 4.78 is 22.5. The number of hydrogen-bond acceptors (Lipinski definition) is 6. The molecule has 0 amide bonds. The first-order chi connectivity index (χ1) is 11.6. The molecule has 2 aliphatic heterocycles. The minimum Gasteiger partial charge on any atom is -0.628 e. The Bertz CT molecular complexity index is 727. The zero-order valence-corrected chi connectivity index (χ0v) is 16.0. The van der Waals surface area contributed by atoms with E-state index >= 15 is 0 Å². The molecular weight excluding hydrogens is 343 g/mol. The highest BCUT2D eigenvalue weighted by molar-refractivity contribution is 7.62. The van der Waals surface area contributed by atoms with Gasteiger partial charge in [-0.3, -0.25) is 4.79 Å². The fraction of sp³-hybridized carbons (Fsp3) is 0.500. The summed E-state index contributed by atoms with van der Waals surface area (Å²) >= 11 is 0. The molecule has 0 radical (unpaired) electrons. The van der Waals surface area contributed by atoms with Crippen LogP contribution in [0.5, 0.6) is 11.5 Å². The Balaban J connectivity index is 2.07. The van der Waals surface area contributed by atoms with E-state index < -0.39 is 13.5 Å². The molecule has 2 heterocycles. The second-order valence-corrected chi connectivity index (χ2v) is 9.48. The lowest BCUT2D eigenvalue weighted by Crippen LogP contribution is -2.34. The lowest BCUT2D eigenvalue weighted by Gasteiger charge is -2.36. The van der Waals surface area contributed by atoms with E-state index in [9.17, 15) is 9.69 Å². The maximum absolute atomic E-state index is 13.0. The second kappa shape index (κ2) is 6.06. The van der Waals surface area contributed by atoms with Crippen LogP contribution in [-0.2, 0) is 9.05 Å². The van der Waals surface area contributed by atoms with Crippen molar-refractivity contribution in [1.29, 1.82) is 0 Å². The first-order valence-corrected chi connectivity index (χ1v) is 9.69. The number of fused-ring (bicyclic) bond motifs is 1. The molecule has 1 aromatic carbocycles. The van der Waals surface area contributed by atoms with Gasteiger partial charge in [0.1, 0.15) is 30.9 Å². The Morgan fingerprint density at radius 2 is 1.84 bits per heavy atom. The quantitative estimate of drug-likeness (QED) is 0.604. The molecule has 0 aliphatic carbocycles. The summed E-state index contributed by atoms with van der Waals surface area (Å²) in [6.45, 7) is 8.39. The summed E-state index contributed by atoms with van der Waals surface area (Å²) in [5.74, 6) is 2.50. The van der Waals surface area contributed by atoms with Gasteiger partial charge in [0.2, 0.25) is 0 Å². The van der Waals surface area contributed by atoms with Crippen molar-refractivity contribution in [2.24, 2.45) is 5.41 Å². The van der Waals surface area contributed by atoms with E-state index in [4.69, 9.17) is 18.5 Å². The van der Waals surface area contributed by atoms with Crippen molar-refractivity contribution >= 4 is 19.8 Å². The molecule has 25 heavy (non-hydrogen) atoms. The van der Waals surface area contributed by atoms with Crippen molar-refractivity contribution in [3.05, 3.63) is 29.1 Å². The van der Waals surface area contributed by atoms with Crippen molar-refractivity contribution in [2.75, 3.05) is 20.3 Å². The summed E-state index contributed by atoms with van der Waals surface area (Å²) in [4.78, 5) is 24.3. The zero-order valence-electron chi connectivity index (χ0n) is 15.1. The van der Waals surface area contributed by atoms with Gasteiger partial charge in [-0.05, 0) is 26.0 Å². The lowest BCUT2D eigenvalue weighted by molar-refractivity contribution is -0.228. The number of hydrogen-bond donors (Lipinski definition) is 0. The molecule has 0 aromatic heterocycles. The predicted octanol–water partition coefficient (Wildman–Crippen LogP) is 3.22. The molecule has 7 heteroatoms. The van der Waals surface area contributed by atoms with E-state index in [0.29, 0.717) is 41.4 Å². The summed E-state index contributed by atoms with van der Waals surface area (Å²) in [5, 5.41) is 0. The molecule has 0 bridgehead atoms. The van der Waals surface area contributed by atoms with Crippen molar-refractivity contribution < 1.29 is 28.2 Å². The van der Waals surface area contributed by atoms with Gasteiger partial charge in [0.05, 0.1) is 7.11 Å². The number of carbonyl (C=O) groups is 1. The molecule has 6 nitrogen and oxygen atoms in total. The highest BCUT2D eigenvalue weighted by Gasteiger charge is 2.45. The summed E-state index contributed by atoms with van der Waals surface area (Å²) in [6.07, 6.45) is 0.740. The fourth-order valence-corrected chi connectivity index (χ4v) is 4.90. The van der Waals surface area contributed by atoms with Crippen molar-refractivity contribution in [1.82, 2.24) is 0 Å². The summed E-state index contributed by atoms with van der Waals surface area (Å²) in [7, 11) is -1.88. The monoisotopic (exact) mass is 366 g/mol. The average Bonchev–Trinajstić information content (AvgIpc) is 2.80. The molecule has 0 N–H and O–H groups in total. The maximum Gasteiger partial charge on any atom is 0.264 e. The van der Waals surface area contributed by atoms with Crippen LogP contribution in [0.2, 0.25) is 0 Å². The molecule has 136 valence electrons. The van der Waals surface area contributed by atoms with E-state index in [2.05, 4.69) is 0 Å². The van der Waals surface area contributed by atoms with Gasteiger partial charge in [0, 0.05) is 22.1 Å². The molecule has 1 saturated heterocycles. The fourth-order valence-electron chi connectivity index (χ4n) is 2.85. The average molecular weight is 366 g/mol. The summed E-state index contributed by atoms with van der Waals surface area (Å²) in [5.41, 5.74) is 0.840. The number of carbonyl (C=O) groups excluding carboxylic acids is 1. The standard InChI is InChI=1S/C18H23O6P/c1-17(2)10-22-25(20,23-11-17)9-14-13-6-12(8-19)7-15(21-5)16(13)24-18(14,3)4/h6-9H,10-11H2,1-5H3/b14-9+. The van der Waals surface area contributed by atoms with Crippen LogP contribution in [0, 0.1) is 5.41 Å². The molecule has 0 spiro atoms. The minimum absolute atomic E-state index is 0.181. The van der Waals surface area contributed by atoms with Gasteiger partial charge in [-0.1, -0.05) is 13.8 Å². The van der Waals surface area contributed by atoms with Gasteiger partial charge in [0.25, 0.3) is 7.94 Å². The Labute approximate surface area is 148 Å². The number of ether oxygens (including phenoxy) is 2. The van der Waals surface area contributed by atoms with Gasteiger partial charge < -0.3 is 14.4 Å². The molecule has 0 unspecified atom stereocenters. The lowest BCUT2D eigenvalue weighted by atomic mass is 9.94. The Kier molecular flexibility index (Phi) is 4.44. The van der Waals surface area contributed by atoms with Crippen molar-refractivity contribution in [3.8, 4) is 11.5 Å². The van der Waals surface area contributed by atoms with Gasteiger partial charge in [-0.15, -0.1) is 0 Å². The third-order valence-corrected chi connectivity index (χ3v) is 5.84. The highest BCUT2D eigenvalue weighted by Crippen LogP contribution is 2.62. The number of rotatable bonds is 3. The van der Waals surface area contributed by atoms with Crippen LogP contribution in [0.15, 0.2) is 17.9 Å². The number of methoxy groups -OCH3 is 1. The molecule has 2 aliphatic rings. The SMILES string of the molecule is COc1cc(C=O)cc2c1OC(C)(C)/C2=C/[P+]1([O-])OCC(C)(C)CO1. The first kappa shape index (κ1) is 18.3. The Morgan fingerprint density at radius 1 is 1.20 bits per heavy atom. The van der Waals surface area contributed by atoms with Crippen LogP contribution in [0.25, 0.3) is 5.57 Å². The molecule has 0 atom stereocenters. The third kappa shape index (κ3) is 3.44. The zero-order chi connectivity index (χ0) is 18.5. The van der Waals surface area contributed by atoms with Crippen molar-refractivity contribution in [2.45, 2.75) is 33.3 Å². The predicted molar refractivity (Wildman–Crippen MR) is 93.7 cm³/mol. The van der Waals surface area contributed by atoms with E-state index in [1.54, 1.807) is 12.1 Å².